The van der Waals surface area contributed by atoms with Gasteiger partial charge in [-0.05, 0) is 36.4 Å². The van der Waals surface area contributed by atoms with Gasteiger partial charge in [-0.3, -0.25) is 25.0 Å². The van der Waals surface area contributed by atoms with Gasteiger partial charge in [-0.1, -0.05) is 12.1 Å². The minimum Gasteiger partial charge on any atom is -0.490 e. The molecule has 3 aromatic rings. The highest BCUT2D eigenvalue weighted by atomic mass is 16.6. The van der Waals surface area contributed by atoms with Crippen LogP contribution in [0.5, 0.6) is 5.75 Å². The average Bonchev–Trinajstić information content (AvgIpc) is 3.21. The Balaban J connectivity index is 1.73. The van der Waals surface area contributed by atoms with Gasteiger partial charge in [-0.2, -0.15) is 0 Å². The van der Waals surface area contributed by atoms with E-state index in [1.807, 2.05) is 0 Å². The predicted molar refractivity (Wildman–Crippen MR) is 108 cm³/mol. The van der Waals surface area contributed by atoms with Crippen LogP contribution in [0.3, 0.4) is 0 Å². The van der Waals surface area contributed by atoms with Crippen molar-refractivity contribution in [2.24, 2.45) is 0 Å². The average molecular weight is 409 g/mol. The lowest BCUT2D eigenvalue weighted by molar-refractivity contribution is -0.385. The van der Waals surface area contributed by atoms with Crippen LogP contribution in [-0.4, -0.2) is 22.9 Å². The van der Waals surface area contributed by atoms with Crippen molar-refractivity contribution in [1.82, 2.24) is 0 Å². The number of furan rings is 1. The summed E-state index contributed by atoms with van der Waals surface area (Å²) in [7, 11) is 1.31. The molecule has 10 heteroatoms. The quantitative estimate of drug-likeness (QED) is 0.346. The van der Waals surface area contributed by atoms with Gasteiger partial charge < -0.3 is 14.5 Å². The van der Waals surface area contributed by atoms with Crippen LogP contribution in [0.15, 0.2) is 65.1 Å². The summed E-state index contributed by atoms with van der Waals surface area (Å²) in [4.78, 5) is 33.2. The number of amides is 1. The van der Waals surface area contributed by atoms with Crippen molar-refractivity contribution in [2.45, 2.75) is 0 Å². The van der Waals surface area contributed by atoms with E-state index in [4.69, 9.17) is 9.15 Å². The van der Waals surface area contributed by atoms with Crippen LogP contribution in [0.25, 0.3) is 17.4 Å². The van der Waals surface area contributed by atoms with Gasteiger partial charge in [0.15, 0.2) is 5.75 Å². The molecule has 0 saturated heterocycles. The first-order chi connectivity index (χ1) is 14.4. The number of hydrogen-bond donors (Lipinski definition) is 1. The zero-order valence-electron chi connectivity index (χ0n) is 15.6. The number of anilines is 1. The van der Waals surface area contributed by atoms with E-state index in [1.165, 1.54) is 43.5 Å². The standard InChI is InChI=1S/C20H15N3O7/c1-29-19-9-6-13(12-17(19)23(27)28)21-20(24)11-8-14-7-10-18(30-14)15-4-2-3-5-16(15)22(25)26/h2-12H,1H3,(H,21,24)/b11-8+. The van der Waals surface area contributed by atoms with Gasteiger partial charge in [0.05, 0.1) is 22.5 Å². The number of nitro benzene ring substituents is 2. The fourth-order valence-corrected chi connectivity index (χ4v) is 2.68. The van der Waals surface area contributed by atoms with Crippen molar-refractivity contribution in [3.63, 3.8) is 0 Å². The number of rotatable bonds is 7. The van der Waals surface area contributed by atoms with Gasteiger partial charge in [0, 0.05) is 23.9 Å². The van der Waals surface area contributed by atoms with Gasteiger partial charge in [-0.25, -0.2) is 0 Å². The second kappa shape index (κ2) is 8.69. The minimum absolute atomic E-state index is 0.0756. The van der Waals surface area contributed by atoms with Gasteiger partial charge in [0.25, 0.3) is 5.69 Å². The Hall–Kier alpha value is -4.47. The molecule has 0 aliphatic rings. The lowest BCUT2D eigenvalue weighted by atomic mass is 10.1. The number of nitrogens with one attached hydrogen (secondary N) is 1. The number of carbonyl (C=O) groups excluding carboxylic acids is 1. The van der Waals surface area contributed by atoms with E-state index in [2.05, 4.69) is 5.32 Å². The maximum Gasteiger partial charge on any atom is 0.312 e. The smallest absolute Gasteiger partial charge is 0.312 e. The van der Waals surface area contributed by atoms with E-state index < -0.39 is 15.8 Å². The second-order valence-electron chi connectivity index (χ2n) is 5.94. The van der Waals surface area contributed by atoms with Crippen molar-refractivity contribution >= 4 is 29.0 Å². The Bertz CT molecular complexity index is 1150. The largest absolute Gasteiger partial charge is 0.490 e. The molecule has 0 unspecified atom stereocenters. The molecule has 2 aromatic carbocycles. The van der Waals surface area contributed by atoms with Crippen LogP contribution in [0.1, 0.15) is 5.76 Å². The molecule has 0 radical (unpaired) electrons. The number of nitrogens with zero attached hydrogens (tertiary/aromatic N) is 2. The van der Waals surface area contributed by atoms with Crippen LogP contribution >= 0.6 is 0 Å². The molecule has 0 fully saturated rings. The van der Waals surface area contributed by atoms with E-state index >= 15 is 0 Å². The predicted octanol–water partition coefficient (Wildman–Crippen LogP) is 4.42. The molecule has 0 bridgehead atoms. The number of ether oxygens (including phenoxy) is 1. The third kappa shape index (κ3) is 4.50. The molecular weight excluding hydrogens is 394 g/mol. The summed E-state index contributed by atoms with van der Waals surface area (Å²) in [5, 5.41) is 24.7. The highest BCUT2D eigenvalue weighted by Gasteiger charge is 2.17. The molecule has 1 amide bonds. The molecule has 0 aliphatic carbocycles. The summed E-state index contributed by atoms with van der Waals surface area (Å²) in [5.41, 5.74) is 0.162. The first-order valence-electron chi connectivity index (χ1n) is 8.54. The Labute approximate surface area is 169 Å². The molecule has 3 rings (SSSR count). The molecule has 152 valence electrons. The second-order valence-corrected chi connectivity index (χ2v) is 5.94. The van der Waals surface area contributed by atoms with Crippen LogP contribution < -0.4 is 10.1 Å². The van der Waals surface area contributed by atoms with Crippen LogP contribution in [-0.2, 0) is 4.79 Å². The Morgan fingerprint density at radius 3 is 2.47 bits per heavy atom. The lowest BCUT2D eigenvalue weighted by Crippen LogP contribution is -2.08. The summed E-state index contributed by atoms with van der Waals surface area (Å²) >= 11 is 0. The first-order valence-corrected chi connectivity index (χ1v) is 8.54. The summed E-state index contributed by atoms with van der Waals surface area (Å²) in [5.74, 6) is 0.122. The minimum atomic E-state index is -0.614. The molecule has 1 N–H and O–H groups in total. The third-order valence-electron chi connectivity index (χ3n) is 4.04. The topological polar surface area (TPSA) is 138 Å². The maximum absolute atomic E-state index is 12.1. The number of benzene rings is 2. The molecule has 10 nitrogen and oxygen atoms in total. The molecule has 1 aromatic heterocycles. The van der Waals surface area contributed by atoms with E-state index in [1.54, 1.807) is 30.3 Å². The molecule has 0 saturated carbocycles. The van der Waals surface area contributed by atoms with E-state index in [0.29, 0.717) is 11.3 Å². The van der Waals surface area contributed by atoms with Crippen molar-refractivity contribution in [1.29, 1.82) is 0 Å². The fourth-order valence-electron chi connectivity index (χ4n) is 2.68. The molecule has 0 atom stereocenters. The number of para-hydroxylation sites is 1. The summed E-state index contributed by atoms with van der Waals surface area (Å²) in [6, 6.07) is 13.3. The Morgan fingerprint density at radius 1 is 1.03 bits per heavy atom. The summed E-state index contributed by atoms with van der Waals surface area (Å²) in [6.45, 7) is 0. The number of nitro groups is 2. The molecular formula is C20H15N3O7. The van der Waals surface area contributed by atoms with Crippen LogP contribution in [0.4, 0.5) is 17.1 Å². The number of carbonyl (C=O) groups is 1. The van der Waals surface area contributed by atoms with Gasteiger partial charge in [0.2, 0.25) is 5.91 Å². The molecule has 1 heterocycles. The van der Waals surface area contributed by atoms with Gasteiger partial charge in [0.1, 0.15) is 11.5 Å². The Morgan fingerprint density at radius 2 is 1.77 bits per heavy atom. The number of methoxy groups -OCH3 is 1. The lowest BCUT2D eigenvalue weighted by Gasteiger charge is -2.05. The monoisotopic (exact) mass is 409 g/mol. The van der Waals surface area contributed by atoms with Gasteiger partial charge in [-0.15, -0.1) is 0 Å². The fraction of sp³-hybridized carbons (Fsp3) is 0.0500. The van der Waals surface area contributed by atoms with Crippen molar-refractivity contribution in [2.75, 3.05) is 12.4 Å². The molecule has 30 heavy (non-hydrogen) atoms. The van der Waals surface area contributed by atoms with E-state index in [9.17, 15) is 25.0 Å². The normalized spacial score (nSPS) is 10.7. The van der Waals surface area contributed by atoms with Crippen LogP contribution in [0, 0.1) is 20.2 Å². The SMILES string of the molecule is COc1ccc(NC(=O)/C=C/c2ccc(-c3ccccc3[N+](=O)[O-])o2)cc1[N+](=O)[O-]. The third-order valence-corrected chi connectivity index (χ3v) is 4.04. The highest BCUT2D eigenvalue weighted by Crippen LogP contribution is 2.31. The molecule has 0 spiro atoms. The van der Waals surface area contributed by atoms with Crippen molar-refractivity contribution in [3.8, 4) is 17.1 Å². The zero-order valence-corrected chi connectivity index (χ0v) is 15.6. The number of hydrogen-bond acceptors (Lipinski definition) is 7. The van der Waals surface area contributed by atoms with E-state index in [0.717, 1.165) is 0 Å². The summed E-state index contributed by atoms with van der Waals surface area (Å²) in [6.07, 6.45) is 2.56. The zero-order chi connectivity index (χ0) is 21.7. The van der Waals surface area contributed by atoms with Crippen molar-refractivity contribution in [3.05, 3.63) is 86.7 Å². The highest BCUT2D eigenvalue weighted by molar-refractivity contribution is 6.02. The van der Waals surface area contributed by atoms with Crippen molar-refractivity contribution < 1.29 is 23.8 Å². The first kappa shape index (κ1) is 20.3. The molecule has 0 aliphatic heterocycles. The van der Waals surface area contributed by atoms with E-state index in [-0.39, 0.29) is 28.6 Å². The van der Waals surface area contributed by atoms with Gasteiger partial charge >= 0.3 is 5.69 Å². The van der Waals surface area contributed by atoms with Crippen LogP contribution in [0.2, 0.25) is 0 Å². The Kier molecular flexibility index (Phi) is 5.87. The maximum atomic E-state index is 12.1. The summed E-state index contributed by atoms with van der Waals surface area (Å²) < 4.78 is 10.5.